The van der Waals surface area contributed by atoms with Crippen molar-refractivity contribution < 1.29 is 0 Å². The SMILES string of the molecule is CCCNC(Cc1cncs1)c1sccc1Cl. The fraction of sp³-hybridized carbons (Fsp3) is 0.417. The lowest BCUT2D eigenvalue weighted by Crippen LogP contribution is -2.23. The summed E-state index contributed by atoms with van der Waals surface area (Å²) in [5.74, 6) is 0. The minimum atomic E-state index is 0.308. The number of hydrogen-bond acceptors (Lipinski definition) is 4. The molecule has 1 N–H and O–H groups in total. The van der Waals surface area contributed by atoms with Crippen LogP contribution in [-0.4, -0.2) is 11.5 Å². The number of thiophene rings is 1. The molecule has 2 rings (SSSR count). The van der Waals surface area contributed by atoms with Gasteiger partial charge in [-0.25, -0.2) is 0 Å². The van der Waals surface area contributed by atoms with E-state index in [1.54, 1.807) is 22.7 Å². The standard InChI is InChI=1S/C12H15ClN2S2/c1-2-4-15-11(6-9-7-14-8-17-9)12-10(13)3-5-16-12/h3,5,7-8,11,15H,2,4,6H2,1H3. The predicted molar refractivity (Wildman–Crippen MR) is 76.2 cm³/mol. The maximum Gasteiger partial charge on any atom is 0.0794 e. The van der Waals surface area contributed by atoms with E-state index in [1.165, 1.54) is 9.75 Å². The Morgan fingerprint density at radius 1 is 1.47 bits per heavy atom. The van der Waals surface area contributed by atoms with Crippen LogP contribution in [0.15, 0.2) is 23.2 Å². The van der Waals surface area contributed by atoms with Crippen LogP contribution < -0.4 is 5.32 Å². The van der Waals surface area contributed by atoms with Crippen molar-refractivity contribution in [2.45, 2.75) is 25.8 Å². The molecule has 0 fully saturated rings. The molecular formula is C12H15ClN2S2. The first kappa shape index (κ1) is 13.0. The second-order valence-corrected chi connectivity index (χ2v) is 6.14. The molecule has 0 bridgehead atoms. The first-order valence-corrected chi connectivity index (χ1v) is 7.78. The summed E-state index contributed by atoms with van der Waals surface area (Å²) < 4.78 is 0. The molecule has 2 nitrogen and oxygen atoms in total. The van der Waals surface area contributed by atoms with E-state index < -0.39 is 0 Å². The monoisotopic (exact) mass is 286 g/mol. The molecule has 0 saturated heterocycles. The van der Waals surface area contributed by atoms with Gasteiger partial charge in [-0.1, -0.05) is 18.5 Å². The first-order valence-electron chi connectivity index (χ1n) is 5.65. The van der Waals surface area contributed by atoms with Crippen LogP contribution in [0, 0.1) is 0 Å². The van der Waals surface area contributed by atoms with Crippen molar-refractivity contribution in [3.63, 3.8) is 0 Å². The summed E-state index contributed by atoms with van der Waals surface area (Å²) in [6.07, 6.45) is 4.03. The molecule has 1 atom stereocenters. The van der Waals surface area contributed by atoms with Crippen LogP contribution in [0.1, 0.15) is 29.1 Å². The molecule has 0 radical (unpaired) electrons. The topological polar surface area (TPSA) is 24.9 Å². The number of rotatable bonds is 6. The lowest BCUT2D eigenvalue weighted by Gasteiger charge is -2.16. The smallest absolute Gasteiger partial charge is 0.0794 e. The molecule has 17 heavy (non-hydrogen) atoms. The molecule has 92 valence electrons. The van der Waals surface area contributed by atoms with Gasteiger partial charge in [-0.3, -0.25) is 4.98 Å². The van der Waals surface area contributed by atoms with Gasteiger partial charge < -0.3 is 5.32 Å². The molecule has 2 aromatic rings. The van der Waals surface area contributed by atoms with Crippen molar-refractivity contribution in [1.82, 2.24) is 10.3 Å². The Kier molecular flexibility index (Phi) is 4.98. The largest absolute Gasteiger partial charge is 0.309 e. The molecule has 0 saturated carbocycles. The summed E-state index contributed by atoms with van der Waals surface area (Å²) in [6, 6.07) is 2.28. The van der Waals surface area contributed by atoms with Gasteiger partial charge in [0.2, 0.25) is 0 Å². The zero-order chi connectivity index (χ0) is 12.1. The second kappa shape index (κ2) is 6.50. The minimum absolute atomic E-state index is 0.308. The van der Waals surface area contributed by atoms with E-state index in [9.17, 15) is 0 Å². The number of hydrogen-bond donors (Lipinski definition) is 1. The van der Waals surface area contributed by atoms with Crippen LogP contribution >= 0.6 is 34.3 Å². The van der Waals surface area contributed by atoms with Crippen LogP contribution in [0.5, 0.6) is 0 Å². The highest BCUT2D eigenvalue weighted by Gasteiger charge is 2.16. The van der Waals surface area contributed by atoms with Crippen molar-refractivity contribution in [1.29, 1.82) is 0 Å². The molecule has 0 amide bonds. The lowest BCUT2D eigenvalue weighted by atomic mass is 10.1. The normalized spacial score (nSPS) is 12.8. The molecule has 0 aliphatic rings. The highest BCUT2D eigenvalue weighted by molar-refractivity contribution is 7.10. The zero-order valence-corrected chi connectivity index (χ0v) is 12.0. The molecule has 0 spiro atoms. The Bertz CT molecular complexity index is 439. The molecule has 2 aromatic heterocycles. The van der Waals surface area contributed by atoms with Gasteiger partial charge in [0, 0.05) is 28.4 Å². The molecule has 0 aromatic carbocycles. The van der Waals surface area contributed by atoms with Gasteiger partial charge in [0.1, 0.15) is 0 Å². The van der Waals surface area contributed by atoms with Crippen molar-refractivity contribution in [3.8, 4) is 0 Å². The van der Waals surface area contributed by atoms with Crippen molar-refractivity contribution in [2.75, 3.05) is 6.54 Å². The summed E-state index contributed by atoms with van der Waals surface area (Å²) in [5.41, 5.74) is 1.88. The van der Waals surface area contributed by atoms with Crippen LogP contribution in [0.2, 0.25) is 5.02 Å². The van der Waals surface area contributed by atoms with E-state index in [0.29, 0.717) is 6.04 Å². The summed E-state index contributed by atoms with van der Waals surface area (Å²) in [7, 11) is 0. The summed E-state index contributed by atoms with van der Waals surface area (Å²) in [5, 5.41) is 6.47. The first-order chi connectivity index (χ1) is 8.31. The molecule has 1 unspecified atom stereocenters. The Labute approximate surface area is 115 Å². The van der Waals surface area contributed by atoms with Crippen LogP contribution in [0.25, 0.3) is 0 Å². The molecule has 0 aliphatic heterocycles. The highest BCUT2D eigenvalue weighted by Crippen LogP contribution is 2.31. The third-order valence-corrected chi connectivity index (χ3v) is 4.76. The lowest BCUT2D eigenvalue weighted by molar-refractivity contribution is 0.539. The zero-order valence-electron chi connectivity index (χ0n) is 9.65. The molecule has 5 heteroatoms. The number of nitrogens with one attached hydrogen (secondary N) is 1. The average molecular weight is 287 g/mol. The van der Waals surface area contributed by atoms with Gasteiger partial charge in [-0.2, -0.15) is 0 Å². The predicted octanol–water partition coefficient (Wildman–Crippen LogP) is 4.14. The van der Waals surface area contributed by atoms with Gasteiger partial charge in [0.15, 0.2) is 0 Å². The third-order valence-electron chi connectivity index (χ3n) is 2.49. The molecule has 2 heterocycles. The van der Waals surface area contributed by atoms with E-state index in [0.717, 1.165) is 24.4 Å². The maximum absolute atomic E-state index is 6.21. The van der Waals surface area contributed by atoms with Gasteiger partial charge >= 0.3 is 0 Å². The van der Waals surface area contributed by atoms with Crippen molar-refractivity contribution >= 4 is 34.3 Å². The van der Waals surface area contributed by atoms with Crippen LogP contribution in [-0.2, 0) is 6.42 Å². The van der Waals surface area contributed by atoms with Crippen LogP contribution in [0.4, 0.5) is 0 Å². The summed E-state index contributed by atoms with van der Waals surface area (Å²) in [4.78, 5) is 6.65. The number of aromatic nitrogens is 1. The fourth-order valence-electron chi connectivity index (χ4n) is 1.67. The van der Waals surface area contributed by atoms with Gasteiger partial charge in [0.05, 0.1) is 10.5 Å². The van der Waals surface area contributed by atoms with Gasteiger partial charge in [0.25, 0.3) is 0 Å². The van der Waals surface area contributed by atoms with Crippen molar-refractivity contribution in [3.05, 3.63) is 37.9 Å². The summed E-state index contributed by atoms with van der Waals surface area (Å²) >= 11 is 9.63. The molecule has 0 aliphatic carbocycles. The fourth-order valence-corrected chi connectivity index (χ4v) is 3.58. The number of halogens is 1. The Morgan fingerprint density at radius 3 is 2.94 bits per heavy atom. The van der Waals surface area contributed by atoms with E-state index in [-0.39, 0.29) is 0 Å². The Balaban J connectivity index is 2.11. The minimum Gasteiger partial charge on any atom is -0.309 e. The van der Waals surface area contributed by atoms with Crippen LogP contribution in [0.3, 0.4) is 0 Å². The number of nitrogens with zero attached hydrogens (tertiary/aromatic N) is 1. The van der Waals surface area contributed by atoms with E-state index in [1.807, 2.05) is 23.2 Å². The quantitative estimate of drug-likeness (QED) is 0.863. The number of thiazole rings is 1. The average Bonchev–Trinajstić information content (AvgIpc) is 2.95. The van der Waals surface area contributed by atoms with Gasteiger partial charge in [-0.15, -0.1) is 22.7 Å². The van der Waals surface area contributed by atoms with E-state index >= 15 is 0 Å². The Morgan fingerprint density at radius 2 is 2.35 bits per heavy atom. The molecular weight excluding hydrogens is 272 g/mol. The summed E-state index contributed by atoms with van der Waals surface area (Å²) in [6.45, 7) is 3.19. The second-order valence-electron chi connectivity index (χ2n) is 3.81. The van der Waals surface area contributed by atoms with E-state index in [4.69, 9.17) is 11.6 Å². The van der Waals surface area contributed by atoms with E-state index in [2.05, 4.69) is 17.2 Å². The van der Waals surface area contributed by atoms with Gasteiger partial charge in [-0.05, 0) is 24.4 Å². The maximum atomic E-state index is 6.21. The Hall–Kier alpha value is -0.420. The third kappa shape index (κ3) is 3.52. The van der Waals surface area contributed by atoms with Crippen molar-refractivity contribution in [2.24, 2.45) is 0 Å². The highest BCUT2D eigenvalue weighted by atomic mass is 35.5.